The Bertz CT molecular complexity index is 843. The molecule has 3 aromatic carbocycles. The molecule has 0 aromatic heterocycles. The van der Waals surface area contributed by atoms with Gasteiger partial charge in [-0.05, 0) is 35.0 Å². The lowest BCUT2D eigenvalue weighted by molar-refractivity contribution is 0.102. The van der Waals surface area contributed by atoms with Gasteiger partial charge in [0, 0.05) is 0 Å². The highest BCUT2D eigenvalue weighted by atomic mass is 16.5. The number of nitrogen functional groups attached to an aromatic ring is 1. The number of ether oxygens (including phenoxy) is 1. The Morgan fingerprint density at radius 1 is 1.00 bits per heavy atom. The van der Waals surface area contributed by atoms with Crippen LogP contribution in [0, 0.1) is 0 Å². The van der Waals surface area contributed by atoms with Crippen LogP contribution in [0.2, 0.25) is 0 Å². The predicted molar refractivity (Wildman–Crippen MR) is 89.3 cm³/mol. The first-order valence-corrected chi connectivity index (χ1v) is 6.91. The first-order valence-electron chi connectivity index (χ1n) is 6.91. The number of rotatable bonds is 3. The summed E-state index contributed by atoms with van der Waals surface area (Å²) in [5.74, 6) is 0.284. The Labute approximate surface area is 128 Å². The molecule has 0 saturated carbocycles. The first-order chi connectivity index (χ1) is 10.7. The lowest BCUT2D eigenvalue weighted by Crippen LogP contribution is -2.14. The minimum atomic E-state index is -0.250. The summed E-state index contributed by atoms with van der Waals surface area (Å²) in [5, 5.41) is 4.83. The average Bonchev–Trinajstić information content (AvgIpc) is 2.55. The van der Waals surface area contributed by atoms with Crippen molar-refractivity contribution in [2.75, 3.05) is 18.2 Å². The molecular formula is C18H16N2O2. The van der Waals surface area contributed by atoms with Crippen LogP contribution in [0.5, 0.6) is 5.75 Å². The van der Waals surface area contributed by atoms with Gasteiger partial charge in [0.25, 0.3) is 5.91 Å². The maximum Gasteiger partial charge on any atom is 0.259 e. The number of fused-ring (bicyclic) bond motifs is 1. The van der Waals surface area contributed by atoms with E-state index in [-0.39, 0.29) is 5.91 Å². The smallest absolute Gasteiger partial charge is 0.259 e. The molecule has 0 fully saturated rings. The standard InChI is InChI=1S/C18H16N2O2/c1-22-17-11-13-7-3-2-6-12(13)10-14(17)18(21)20-16-9-5-4-8-15(16)19/h2-11H,19H2,1H3,(H,20,21). The van der Waals surface area contributed by atoms with Gasteiger partial charge < -0.3 is 15.8 Å². The van der Waals surface area contributed by atoms with E-state index >= 15 is 0 Å². The summed E-state index contributed by atoms with van der Waals surface area (Å²) < 4.78 is 5.35. The zero-order valence-electron chi connectivity index (χ0n) is 12.2. The molecule has 3 N–H and O–H groups in total. The van der Waals surface area contributed by atoms with Gasteiger partial charge in [-0.2, -0.15) is 0 Å². The van der Waals surface area contributed by atoms with Gasteiger partial charge in [-0.15, -0.1) is 0 Å². The van der Waals surface area contributed by atoms with Crippen LogP contribution in [-0.4, -0.2) is 13.0 Å². The van der Waals surface area contributed by atoms with Crippen molar-refractivity contribution in [3.63, 3.8) is 0 Å². The zero-order valence-corrected chi connectivity index (χ0v) is 12.2. The van der Waals surface area contributed by atoms with Crippen molar-refractivity contribution in [2.24, 2.45) is 0 Å². The Kier molecular flexibility index (Phi) is 3.66. The van der Waals surface area contributed by atoms with Crippen LogP contribution in [0.3, 0.4) is 0 Å². The second kappa shape index (κ2) is 5.77. The number of hydrogen-bond donors (Lipinski definition) is 2. The second-order valence-electron chi connectivity index (χ2n) is 4.94. The number of nitrogens with one attached hydrogen (secondary N) is 1. The third-order valence-electron chi connectivity index (χ3n) is 3.52. The quantitative estimate of drug-likeness (QED) is 0.724. The maximum atomic E-state index is 12.5. The van der Waals surface area contributed by atoms with Gasteiger partial charge in [0.15, 0.2) is 0 Å². The van der Waals surface area contributed by atoms with Crippen LogP contribution >= 0.6 is 0 Å². The van der Waals surface area contributed by atoms with Gasteiger partial charge in [-0.25, -0.2) is 0 Å². The van der Waals surface area contributed by atoms with Crippen LogP contribution in [0.1, 0.15) is 10.4 Å². The number of hydrogen-bond acceptors (Lipinski definition) is 3. The van der Waals surface area contributed by atoms with E-state index in [1.165, 1.54) is 0 Å². The number of benzene rings is 3. The van der Waals surface area contributed by atoms with Gasteiger partial charge in [0.05, 0.1) is 24.0 Å². The summed E-state index contributed by atoms with van der Waals surface area (Å²) in [5.41, 5.74) is 7.45. The summed E-state index contributed by atoms with van der Waals surface area (Å²) >= 11 is 0. The summed E-state index contributed by atoms with van der Waals surface area (Å²) in [6.07, 6.45) is 0. The Morgan fingerprint density at radius 3 is 2.32 bits per heavy atom. The molecule has 110 valence electrons. The predicted octanol–water partition coefficient (Wildman–Crippen LogP) is 3.68. The minimum Gasteiger partial charge on any atom is -0.496 e. The van der Waals surface area contributed by atoms with Crippen LogP contribution < -0.4 is 15.8 Å². The Hall–Kier alpha value is -3.01. The molecule has 0 aliphatic heterocycles. The molecule has 1 amide bonds. The lowest BCUT2D eigenvalue weighted by Gasteiger charge is -2.12. The summed E-state index contributed by atoms with van der Waals surface area (Å²) in [7, 11) is 1.55. The van der Waals surface area contributed by atoms with Gasteiger partial charge in [0.1, 0.15) is 5.75 Å². The highest BCUT2D eigenvalue weighted by Gasteiger charge is 2.14. The highest BCUT2D eigenvalue weighted by molar-refractivity contribution is 6.09. The fourth-order valence-corrected chi connectivity index (χ4v) is 2.37. The second-order valence-corrected chi connectivity index (χ2v) is 4.94. The molecule has 0 aliphatic carbocycles. The average molecular weight is 292 g/mol. The van der Waals surface area contributed by atoms with E-state index < -0.39 is 0 Å². The summed E-state index contributed by atoms with van der Waals surface area (Å²) in [6, 6.07) is 18.7. The van der Waals surface area contributed by atoms with Crippen molar-refractivity contribution in [1.29, 1.82) is 0 Å². The molecule has 0 saturated heterocycles. The number of anilines is 2. The highest BCUT2D eigenvalue weighted by Crippen LogP contribution is 2.27. The van der Waals surface area contributed by atoms with Crippen LogP contribution in [0.4, 0.5) is 11.4 Å². The summed E-state index contributed by atoms with van der Waals surface area (Å²) in [4.78, 5) is 12.5. The Balaban J connectivity index is 2.01. The fourth-order valence-electron chi connectivity index (χ4n) is 2.37. The molecule has 0 aliphatic rings. The van der Waals surface area contributed by atoms with Gasteiger partial charge in [0.2, 0.25) is 0 Å². The first kappa shape index (κ1) is 13.9. The maximum absolute atomic E-state index is 12.5. The number of methoxy groups -OCH3 is 1. The number of nitrogens with two attached hydrogens (primary N) is 1. The molecule has 3 aromatic rings. The number of carbonyl (C=O) groups is 1. The van der Waals surface area contributed by atoms with E-state index in [9.17, 15) is 4.79 Å². The molecule has 0 bridgehead atoms. The minimum absolute atomic E-state index is 0.250. The molecule has 0 spiro atoms. The molecular weight excluding hydrogens is 276 g/mol. The topological polar surface area (TPSA) is 64.3 Å². The number of amides is 1. The number of carbonyl (C=O) groups excluding carboxylic acids is 1. The largest absolute Gasteiger partial charge is 0.496 e. The molecule has 0 atom stereocenters. The van der Waals surface area contributed by atoms with E-state index in [4.69, 9.17) is 10.5 Å². The zero-order chi connectivity index (χ0) is 15.5. The third-order valence-corrected chi connectivity index (χ3v) is 3.52. The lowest BCUT2D eigenvalue weighted by atomic mass is 10.1. The van der Waals surface area contributed by atoms with Crippen molar-refractivity contribution in [3.05, 3.63) is 66.2 Å². The van der Waals surface area contributed by atoms with E-state index in [0.29, 0.717) is 22.7 Å². The van der Waals surface area contributed by atoms with Gasteiger partial charge >= 0.3 is 0 Å². The molecule has 0 radical (unpaired) electrons. The van der Waals surface area contributed by atoms with E-state index in [2.05, 4.69) is 5.32 Å². The van der Waals surface area contributed by atoms with Crippen LogP contribution in [0.25, 0.3) is 10.8 Å². The fraction of sp³-hybridized carbons (Fsp3) is 0.0556. The summed E-state index contributed by atoms with van der Waals surface area (Å²) in [6.45, 7) is 0. The van der Waals surface area contributed by atoms with Gasteiger partial charge in [-0.3, -0.25) is 4.79 Å². The van der Waals surface area contributed by atoms with Crippen LogP contribution in [0.15, 0.2) is 60.7 Å². The Morgan fingerprint density at radius 2 is 1.64 bits per heavy atom. The molecule has 3 rings (SSSR count). The molecule has 4 heteroatoms. The van der Waals surface area contributed by atoms with E-state index in [1.807, 2.05) is 48.5 Å². The van der Waals surface area contributed by atoms with Crippen molar-refractivity contribution in [1.82, 2.24) is 0 Å². The normalized spacial score (nSPS) is 10.4. The molecule has 0 unspecified atom stereocenters. The molecule has 4 nitrogen and oxygen atoms in total. The van der Waals surface area contributed by atoms with E-state index in [0.717, 1.165) is 10.8 Å². The van der Waals surface area contributed by atoms with Crippen molar-refractivity contribution in [2.45, 2.75) is 0 Å². The molecule has 22 heavy (non-hydrogen) atoms. The molecule has 0 heterocycles. The van der Waals surface area contributed by atoms with Gasteiger partial charge in [-0.1, -0.05) is 36.4 Å². The van der Waals surface area contributed by atoms with Crippen molar-refractivity contribution in [3.8, 4) is 5.75 Å². The van der Waals surface area contributed by atoms with Crippen molar-refractivity contribution >= 4 is 28.1 Å². The number of para-hydroxylation sites is 2. The van der Waals surface area contributed by atoms with E-state index in [1.54, 1.807) is 19.2 Å². The third kappa shape index (κ3) is 2.59. The van der Waals surface area contributed by atoms with Crippen LogP contribution in [-0.2, 0) is 0 Å². The van der Waals surface area contributed by atoms with Crippen molar-refractivity contribution < 1.29 is 9.53 Å². The monoisotopic (exact) mass is 292 g/mol. The SMILES string of the molecule is COc1cc2ccccc2cc1C(=O)Nc1ccccc1N.